The molecule has 1 aliphatic rings. The number of hydrogen-bond acceptors (Lipinski definition) is 3. The van der Waals surface area contributed by atoms with Crippen molar-refractivity contribution in [3.63, 3.8) is 0 Å². The quantitative estimate of drug-likeness (QED) is 0.787. The fourth-order valence-corrected chi connectivity index (χ4v) is 3.06. The Morgan fingerprint density at radius 2 is 1.96 bits per heavy atom. The van der Waals surface area contributed by atoms with Gasteiger partial charge < -0.3 is 10.2 Å². The van der Waals surface area contributed by atoms with Gasteiger partial charge in [-0.25, -0.2) is 0 Å². The first-order chi connectivity index (χ1) is 11.1. The third kappa shape index (κ3) is 5.79. The summed E-state index contributed by atoms with van der Waals surface area (Å²) < 4.78 is 0. The van der Waals surface area contributed by atoms with Crippen LogP contribution in [0.5, 0.6) is 0 Å². The summed E-state index contributed by atoms with van der Waals surface area (Å²) in [4.78, 5) is 26.4. The molecular weight excluding hydrogens is 288 g/mol. The number of ketones is 1. The molecule has 4 heteroatoms. The molecule has 1 saturated heterocycles. The summed E-state index contributed by atoms with van der Waals surface area (Å²) in [5, 5.41) is 3.00. The molecular formula is C19H28N2O2. The fraction of sp³-hybridized carbons (Fsp3) is 0.579. The lowest BCUT2D eigenvalue weighted by atomic mass is 9.98. The number of likely N-dealkylation sites (tertiary alicyclic amines) is 1. The lowest BCUT2D eigenvalue weighted by Crippen LogP contribution is -2.40. The zero-order valence-electron chi connectivity index (χ0n) is 14.3. The predicted octanol–water partition coefficient (Wildman–Crippen LogP) is 2.81. The van der Waals surface area contributed by atoms with E-state index in [1.54, 1.807) is 0 Å². The minimum atomic E-state index is -0.0147. The van der Waals surface area contributed by atoms with Gasteiger partial charge in [-0.3, -0.25) is 9.59 Å². The van der Waals surface area contributed by atoms with Crippen molar-refractivity contribution in [2.45, 2.75) is 39.5 Å². The summed E-state index contributed by atoms with van der Waals surface area (Å²) in [6.45, 7) is 8.22. The number of hydrogen-bond donors (Lipinski definition) is 1. The van der Waals surface area contributed by atoms with Gasteiger partial charge in [0.25, 0.3) is 0 Å². The van der Waals surface area contributed by atoms with Gasteiger partial charge >= 0.3 is 0 Å². The van der Waals surface area contributed by atoms with E-state index in [1.165, 1.54) is 19.4 Å². The molecule has 0 aromatic heterocycles. The van der Waals surface area contributed by atoms with E-state index < -0.39 is 0 Å². The Balaban J connectivity index is 1.68. The van der Waals surface area contributed by atoms with Gasteiger partial charge in [0, 0.05) is 31.5 Å². The zero-order chi connectivity index (χ0) is 16.7. The number of Topliss-reactive ketones (excluding diaryl/α,β-unsaturated/α-hetero) is 1. The van der Waals surface area contributed by atoms with Gasteiger partial charge in [-0.05, 0) is 38.8 Å². The number of nitrogens with one attached hydrogen (secondary N) is 1. The third-order valence-corrected chi connectivity index (χ3v) is 4.59. The highest BCUT2D eigenvalue weighted by atomic mass is 16.2. The molecule has 2 rings (SSSR count). The molecule has 0 bridgehead atoms. The third-order valence-electron chi connectivity index (χ3n) is 4.59. The monoisotopic (exact) mass is 316 g/mol. The number of piperidine rings is 1. The van der Waals surface area contributed by atoms with Crippen molar-refractivity contribution in [2.75, 3.05) is 26.2 Å². The highest BCUT2D eigenvalue weighted by Gasteiger charge is 2.19. The van der Waals surface area contributed by atoms with Crippen molar-refractivity contribution in [1.82, 2.24) is 10.2 Å². The number of rotatable bonds is 7. The lowest BCUT2D eigenvalue weighted by Gasteiger charge is -2.31. The molecule has 1 N–H and O–H groups in total. The molecule has 0 spiro atoms. The van der Waals surface area contributed by atoms with Gasteiger partial charge in [-0.2, -0.15) is 0 Å². The fourth-order valence-electron chi connectivity index (χ4n) is 3.06. The SMILES string of the molecule is CCN1CCC[C@@H](CNC(=O)CCC(=O)c2ccc(C)cc2)C1. The van der Waals surface area contributed by atoms with Crippen LogP contribution in [0.15, 0.2) is 24.3 Å². The number of amides is 1. The number of carbonyl (C=O) groups is 2. The highest BCUT2D eigenvalue weighted by Crippen LogP contribution is 2.15. The van der Waals surface area contributed by atoms with Gasteiger partial charge in [0.1, 0.15) is 0 Å². The van der Waals surface area contributed by atoms with Crippen LogP contribution in [-0.4, -0.2) is 42.8 Å². The number of benzene rings is 1. The minimum Gasteiger partial charge on any atom is -0.356 e. The van der Waals surface area contributed by atoms with Crippen molar-refractivity contribution in [2.24, 2.45) is 5.92 Å². The van der Waals surface area contributed by atoms with Crippen LogP contribution in [-0.2, 0) is 4.79 Å². The van der Waals surface area contributed by atoms with E-state index in [0.717, 1.165) is 25.2 Å². The molecule has 1 aliphatic heterocycles. The lowest BCUT2D eigenvalue weighted by molar-refractivity contribution is -0.121. The first-order valence-corrected chi connectivity index (χ1v) is 8.67. The topological polar surface area (TPSA) is 49.4 Å². The Bertz CT molecular complexity index is 525. The first-order valence-electron chi connectivity index (χ1n) is 8.67. The van der Waals surface area contributed by atoms with Crippen LogP contribution in [0, 0.1) is 12.8 Å². The van der Waals surface area contributed by atoms with Crippen molar-refractivity contribution >= 4 is 11.7 Å². The van der Waals surface area contributed by atoms with Crippen molar-refractivity contribution in [3.05, 3.63) is 35.4 Å². The van der Waals surface area contributed by atoms with Crippen molar-refractivity contribution in [3.8, 4) is 0 Å². The number of aryl methyl sites for hydroxylation is 1. The van der Waals surface area contributed by atoms with Crippen LogP contribution < -0.4 is 5.32 Å². The van der Waals surface area contributed by atoms with E-state index in [-0.39, 0.29) is 24.5 Å². The average molecular weight is 316 g/mol. The highest BCUT2D eigenvalue weighted by molar-refractivity contribution is 5.97. The summed E-state index contributed by atoms with van der Waals surface area (Å²) in [5.41, 5.74) is 1.82. The van der Waals surface area contributed by atoms with Crippen molar-refractivity contribution < 1.29 is 9.59 Å². The van der Waals surface area contributed by atoms with Crippen molar-refractivity contribution in [1.29, 1.82) is 0 Å². The van der Waals surface area contributed by atoms with Gasteiger partial charge in [-0.1, -0.05) is 36.8 Å². The Labute approximate surface area is 139 Å². The average Bonchev–Trinajstić information content (AvgIpc) is 2.58. The van der Waals surface area contributed by atoms with E-state index in [9.17, 15) is 9.59 Å². The minimum absolute atomic E-state index is 0.0147. The maximum absolute atomic E-state index is 12.1. The Hall–Kier alpha value is -1.68. The predicted molar refractivity (Wildman–Crippen MR) is 92.6 cm³/mol. The van der Waals surface area contributed by atoms with Crippen LogP contribution in [0.2, 0.25) is 0 Å². The van der Waals surface area contributed by atoms with E-state index in [1.807, 2.05) is 31.2 Å². The second kappa shape index (κ2) is 8.82. The van der Waals surface area contributed by atoms with Gasteiger partial charge in [-0.15, -0.1) is 0 Å². The molecule has 1 amide bonds. The van der Waals surface area contributed by atoms with Crippen LogP contribution in [0.1, 0.15) is 48.5 Å². The van der Waals surface area contributed by atoms with Crippen LogP contribution >= 0.6 is 0 Å². The molecule has 1 heterocycles. The molecule has 0 saturated carbocycles. The maximum atomic E-state index is 12.1. The Morgan fingerprint density at radius 3 is 2.65 bits per heavy atom. The smallest absolute Gasteiger partial charge is 0.220 e. The van der Waals surface area contributed by atoms with E-state index in [2.05, 4.69) is 17.1 Å². The summed E-state index contributed by atoms with van der Waals surface area (Å²) in [6, 6.07) is 7.51. The van der Waals surface area contributed by atoms with Crippen LogP contribution in [0.25, 0.3) is 0 Å². The molecule has 1 atom stereocenters. The Kier molecular flexibility index (Phi) is 6.78. The molecule has 0 unspecified atom stereocenters. The number of nitrogens with zero attached hydrogens (tertiary/aromatic N) is 1. The molecule has 0 aliphatic carbocycles. The molecule has 1 fully saturated rings. The maximum Gasteiger partial charge on any atom is 0.220 e. The van der Waals surface area contributed by atoms with E-state index >= 15 is 0 Å². The summed E-state index contributed by atoms with van der Waals surface area (Å²) >= 11 is 0. The van der Waals surface area contributed by atoms with Gasteiger partial charge in [0.05, 0.1) is 0 Å². The van der Waals surface area contributed by atoms with Gasteiger partial charge in [0.15, 0.2) is 5.78 Å². The summed E-state index contributed by atoms with van der Waals surface area (Å²) in [5.74, 6) is 0.564. The molecule has 126 valence electrons. The molecule has 0 radical (unpaired) electrons. The van der Waals surface area contributed by atoms with E-state index in [0.29, 0.717) is 11.5 Å². The normalized spacial score (nSPS) is 18.6. The van der Waals surface area contributed by atoms with Crippen LogP contribution in [0.4, 0.5) is 0 Å². The second-order valence-electron chi connectivity index (χ2n) is 6.49. The standard InChI is InChI=1S/C19H28N2O2/c1-3-21-12-4-5-16(14-21)13-20-19(23)11-10-18(22)17-8-6-15(2)7-9-17/h6-9,16H,3-5,10-14H2,1-2H3,(H,20,23)/t16-/m0/s1. The van der Waals surface area contributed by atoms with E-state index in [4.69, 9.17) is 0 Å². The first kappa shape index (κ1) is 17.7. The molecule has 1 aromatic carbocycles. The van der Waals surface area contributed by atoms with Crippen LogP contribution in [0.3, 0.4) is 0 Å². The zero-order valence-corrected chi connectivity index (χ0v) is 14.3. The molecule has 1 aromatic rings. The molecule has 23 heavy (non-hydrogen) atoms. The summed E-state index contributed by atoms with van der Waals surface area (Å²) in [7, 11) is 0. The molecule has 4 nitrogen and oxygen atoms in total. The number of carbonyl (C=O) groups excluding carboxylic acids is 2. The Morgan fingerprint density at radius 1 is 1.22 bits per heavy atom. The summed E-state index contributed by atoms with van der Waals surface area (Å²) in [6.07, 6.45) is 2.94. The largest absolute Gasteiger partial charge is 0.356 e. The van der Waals surface area contributed by atoms with Gasteiger partial charge in [0.2, 0.25) is 5.91 Å². The second-order valence-corrected chi connectivity index (χ2v) is 6.49.